The van der Waals surface area contributed by atoms with Gasteiger partial charge in [0.15, 0.2) is 11.2 Å². The third-order valence-electron chi connectivity index (χ3n) is 5.09. The van der Waals surface area contributed by atoms with Gasteiger partial charge in [0.2, 0.25) is 5.89 Å². The molecular weight excluding hydrogens is 450 g/mol. The summed E-state index contributed by atoms with van der Waals surface area (Å²) in [5.74, 6) is 0.124. The number of oxazole rings is 1. The predicted octanol–water partition coefficient (Wildman–Crippen LogP) is 5.05. The second kappa shape index (κ2) is 8.34. The quantitative estimate of drug-likeness (QED) is 0.365. The summed E-state index contributed by atoms with van der Waals surface area (Å²) in [6, 6.07) is 14.7. The molecule has 0 saturated heterocycles. The van der Waals surface area contributed by atoms with Crippen molar-refractivity contribution in [1.82, 2.24) is 30.1 Å². The fourth-order valence-corrected chi connectivity index (χ4v) is 4.31. The minimum atomic E-state index is -0.291. The van der Waals surface area contributed by atoms with E-state index in [1.54, 1.807) is 36.2 Å². The molecule has 0 fully saturated rings. The van der Waals surface area contributed by atoms with E-state index in [-0.39, 0.29) is 5.91 Å². The van der Waals surface area contributed by atoms with E-state index < -0.39 is 0 Å². The number of hydrogen-bond acceptors (Lipinski definition) is 8. The highest BCUT2D eigenvalue weighted by Crippen LogP contribution is 2.32. The van der Waals surface area contributed by atoms with Crippen molar-refractivity contribution in [3.63, 3.8) is 0 Å². The summed E-state index contributed by atoms with van der Waals surface area (Å²) in [5.41, 5.74) is 5.15. The fraction of sp³-hybridized carbons (Fsp3) is 0. The van der Waals surface area contributed by atoms with Crippen molar-refractivity contribution in [2.75, 3.05) is 5.32 Å². The second-order valence-corrected chi connectivity index (χ2v) is 8.16. The van der Waals surface area contributed by atoms with Crippen LogP contribution >= 0.6 is 11.3 Å². The van der Waals surface area contributed by atoms with Gasteiger partial charge in [-0.3, -0.25) is 14.9 Å². The zero-order chi connectivity index (χ0) is 22.9. The minimum Gasteiger partial charge on any atom is -0.434 e. The Hall–Kier alpha value is -4.70. The molecule has 5 aromatic heterocycles. The molecule has 10 heteroatoms. The van der Waals surface area contributed by atoms with Gasteiger partial charge in [0.25, 0.3) is 5.91 Å². The standard InChI is InChI=1S/C24H15N7O2S/c32-22(18-13-34-24(29-18)14-6-9-25-10-7-14)28-16-4-1-3-15(11-16)20-17(12-27-31-20)23-30-21-19(33-23)5-2-8-26-21/h1-13H,(H,27,31)(H,28,32). The monoisotopic (exact) mass is 465 g/mol. The van der Waals surface area contributed by atoms with Gasteiger partial charge in [-0.2, -0.15) is 10.1 Å². The van der Waals surface area contributed by atoms with Gasteiger partial charge in [0, 0.05) is 47.0 Å². The van der Waals surface area contributed by atoms with Crippen LogP contribution in [-0.4, -0.2) is 36.0 Å². The lowest BCUT2D eigenvalue weighted by Gasteiger charge is -2.06. The van der Waals surface area contributed by atoms with Gasteiger partial charge in [0.05, 0.1) is 5.56 Å². The first-order valence-corrected chi connectivity index (χ1v) is 11.2. The topological polar surface area (TPSA) is 122 Å². The first-order chi connectivity index (χ1) is 16.7. The van der Waals surface area contributed by atoms with Crippen molar-refractivity contribution in [3.05, 3.63) is 84.4 Å². The van der Waals surface area contributed by atoms with Crippen LogP contribution in [0.3, 0.4) is 0 Å². The highest BCUT2D eigenvalue weighted by Gasteiger charge is 2.18. The number of carbonyl (C=O) groups excluding carboxylic acids is 1. The van der Waals surface area contributed by atoms with Crippen molar-refractivity contribution in [2.24, 2.45) is 0 Å². The zero-order valence-corrected chi connectivity index (χ0v) is 18.3. The van der Waals surface area contributed by atoms with Gasteiger partial charge in [-0.15, -0.1) is 11.3 Å². The summed E-state index contributed by atoms with van der Waals surface area (Å²) in [6.45, 7) is 0. The summed E-state index contributed by atoms with van der Waals surface area (Å²) in [5, 5.41) is 12.7. The van der Waals surface area contributed by atoms with Crippen LogP contribution in [0.1, 0.15) is 10.5 Å². The fourth-order valence-electron chi connectivity index (χ4n) is 3.50. The molecule has 2 N–H and O–H groups in total. The van der Waals surface area contributed by atoms with E-state index in [2.05, 4.69) is 35.5 Å². The van der Waals surface area contributed by atoms with Crippen LogP contribution in [0.5, 0.6) is 0 Å². The number of aromatic nitrogens is 6. The lowest BCUT2D eigenvalue weighted by molar-refractivity contribution is 0.102. The molecule has 1 amide bonds. The Morgan fingerprint density at radius 2 is 1.91 bits per heavy atom. The van der Waals surface area contributed by atoms with E-state index in [4.69, 9.17) is 4.42 Å². The number of nitrogens with one attached hydrogen (secondary N) is 2. The molecule has 5 heterocycles. The molecule has 0 radical (unpaired) electrons. The lowest BCUT2D eigenvalue weighted by atomic mass is 10.1. The maximum absolute atomic E-state index is 12.8. The lowest BCUT2D eigenvalue weighted by Crippen LogP contribution is -2.12. The molecule has 0 bridgehead atoms. The van der Waals surface area contributed by atoms with Crippen LogP contribution < -0.4 is 5.32 Å². The summed E-state index contributed by atoms with van der Waals surface area (Å²) in [6.07, 6.45) is 6.78. The number of pyridine rings is 2. The minimum absolute atomic E-state index is 0.291. The molecule has 0 aliphatic carbocycles. The first kappa shape index (κ1) is 19.9. The van der Waals surface area contributed by atoms with Crippen molar-refractivity contribution in [1.29, 1.82) is 0 Å². The largest absolute Gasteiger partial charge is 0.434 e. The second-order valence-electron chi connectivity index (χ2n) is 7.30. The molecule has 0 unspecified atom stereocenters. The van der Waals surface area contributed by atoms with Crippen molar-refractivity contribution in [3.8, 4) is 33.3 Å². The normalized spacial score (nSPS) is 11.1. The number of thiazole rings is 1. The van der Waals surface area contributed by atoms with E-state index in [9.17, 15) is 4.79 Å². The van der Waals surface area contributed by atoms with Crippen LogP contribution in [0.15, 0.2) is 83.1 Å². The van der Waals surface area contributed by atoms with Gasteiger partial charge in [-0.05, 0) is 36.4 Å². The highest BCUT2D eigenvalue weighted by molar-refractivity contribution is 7.13. The molecule has 6 rings (SSSR count). The summed E-state index contributed by atoms with van der Waals surface area (Å²) < 4.78 is 5.85. The Kier molecular flexibility index (Phi) is 4.89. The number of fused-ring (bicyclic) bond motifs is 1. The molecule has 1 aromatic carbocycles. The van der Waals surface area contributed by atoms with Gasteiger partial charge in [0.1, 0.15) is 16.4 Å². The molecule has 9 nitrogen and oxygen atoms in total. The number of hydrogen-bond donors (Lipinski definition) is 2. The number of amides is 1. The van der Waals surface area contributed by atoms with E-state index >= 15 is 0 Å². The zero-order valence-electron chi connectivity index (χ0n) is 17.5. The predicted molar refractivity (Wildman–Crippen MR) is 128 cm³/mol. The molecule has 0 aliphatic heterocycles. The molecule has 0 spiro atoms. The smallest absolute Gasteiger partial charge is 0.275 e. The Balaban J connectivity index is 1.26. The molecule has 0 aliphatic rings. The molecule has 164 valence electrons. The number of H-pyrrole nitrogens is 1. The van der Waals surface area contributed by atoms with Gasteiger partial charge < -0.3 is 9.73 Å². The molecule has 6 aromatic rings. The number of aromatic amines is 1. The number of nitrogens with zero attached hydrogens (tertiary/aromatic N) is 5. The number of carbonyl (C=O) groups is 1. The Bertz CT molecular complexity index is 1590. The highest BCUT2D eigenvalue weighted by atomic mass is 32.1. The van der Waals surface area contributed by atoms with Crippen molar-refractivity contribution < 1.29 is 9.21 Å². The Morgan fingerprint density at radius 3 is 2.79 bits per heavy atom. The SMILES string of the molecule is O=C(Nc1cccc(-c2n[nH]cc2-c2nc3ncccc3o2)c1)c1csc(-c2ccncc2)n1. The summed E-state index contributed by atoms with van der Waals surface area (Å²) in [4.78, 5) is 30.0. The Labute approximate surface area is 196 Å². The summed E-state index contributed by atoms with van der Waals surface area (Å²) >= 11 is 1.41. The van der Waals surface area contributed by atoms with E-state index in [0.717, 1.165) is 16.1 Å². The van der Waals surface area contributed by atoms with Gasteiger partial charge in [-0.1, -0.05) is 12.1 Å². The number of anilines is 1. The van der Waals surface area contributed by atoms with Crippen LogP contribution in [-0.2, 0) is 0 Å². The maximum atomic E-state index is 12.8. The number of rotatable bonds is 5. The van der Waals surface area contributed by atoms with Crippen LogP contribution in [0, 0.1) is 0 Å². The Morgan fingerprint density at radius 1 is 1.00 bits per heavy atom. The molecule has 0 saturated carbocycles. The molecule has 0 atom stereocenters. The van der Waals surface area contributed by atoms with Gasteiger partial charge >= 0.3 is 0 Å². The first-order valence-electron chi connectivity index (χ1n) is 10.3. The summed E-state index contributed by atoms with van der Waals surface area (Å²) in [7, 11) is 0. The van der Waals surface area contributed by atoms with Gasteiger partial charge in [-0.25, -0.2) is 9.97 Å². The van der Waals surface area contributed by atoms with E-state index in [1.165, 1.54) is 11.3 Å². The van der Waals surface area contributed by atoms with E-state index in [1.807, 2.05) is 42.5 Å². The van der Waals surface area contributed by atoms with E-state index in [0.29, 0.717) is 39.8 Å². The molecular formula is C24H15N7O2S. The third-order valence-corrected chi connectivity index (χ3v) is 5.99. The average molecular weight is 465 g/mol. The van der Waals surface area contributed by atoms with Crippen LogP contribution in [0.2, 0.25) is 0 Å². The number of benzene rings is 1. The van der Waals surface area contributed by atoms with Crippen molar-refractivity contribution in [2.45, 2.75) is 0 Å². The van der Waals surface area contributed by atoms with Crippen molar-refractivity contribution >= 4 is 34.2 Å². The van der Waals surface area contributed by atoms with Crippen LogP contribution in [0.25, 0.3) is 44.5 Å². The maximum Gasteiger partial charge on any atom is 0.275 e. The molecule has 34 heavy (non-hydrogen) atoms. The third kappa shape index (κ3) is 3.71. The van der Waals surface area contributed by atoms with Crippen LogP contribution in [0.4, 0.5) is 5.69 Å². The average Bonchev–Trinajstić information content (AvgIpc) is 3.64.